The van der Waals surface area contributed by atoms with E-state index in [-0.39, 0.29) is 6.03 Å². The molecule has 0 spiro atoms. The van der Waals surface area contributed by atoms with Crippen molar-refractivity contribution in [1.29, 1.82) is 0 Å². The Morgan fingerprint density at radius 3 is 2.64 bits per heavy atom. The molecule has 1 saturated heterocycles. The summed E-state index contributed by atoms with van der Waals surface area (Å²) >= 11 is 0. The van der Waals surface area contributed by atoms with Crippen molar-refractivity contribution in [2.45, 2.75) is 12.8 Å². The summed E-state index contributed by atoms with van der Waals surface area (Å²) in [6.45, 7) is 1.58. The number of likely N-dealkylation sites (tertiary alicyclic amines) is 1. The van der Waals surface area contributed by atoms with Crippen molar-refractivity contribution < 1.29 is 19.4 Å². The Labute approximate surface area is 129 Å². The van der Waals surface area contributed by atoms with Crippen LogP contribution in [-0.4, -0.2) is 48.9 Å². The predicted molar refractivity (Wildman–Crippen MR) is 82.3 cm³/mol. The first kappa shape index (κ1) is 15.9. The van der Waals surface area contributed by atoms with Crippen molar-refractivity contribution in [2.75, 3.05) is 32.1 Å². The largest absolute Gasteiger partial charge is 0.495 e. The number of methoxy groups -OCH3 is 1. The summed E-state index contributed by atoms with van der Waals surface area (Å²) < 4.78 is 5.17. The number of hydrogen-bond donors (Lipinski definition) is 3. The number of urea groups is 1. The Morgan fingerprint density at radius 2 is 2.00 bits per heavy atom. The van der Waals surface area contributed by atoms with Crippen molar-refractivity contribution in [3.63, 3.8) is 0 Å². The molecule has 3 N–H and O–H groups in total. The summed E-state index contributed by atoms with van der Waals surface area (Å²) in [7, 11) is 1.55. The van der Waals surface area contributed by atoms with Crippen molar-refractivity contribution >= 4 is 17.8 Å². The number of rotatable bonds is 4. The van der Waals surface area contributed by atoms with Gasteiger partial charge in [0.25, 0.3) is 0 Å². The van der Waals surface area contributed by atoms with Crippen LogP contribution in [0.2, 0.25) is 0 Å². The van der Waals surface area contributed by atoms with Crippen molar-refractivity contribution in [2.24, 2.45) is 5.92 Å². The molecule has 1 heterocycles. The van der Waals surface area contributed by atoms with Gasteiger partial charge >= 0.3 is 12.1 Å². The summed E-state index contributed by atoms with van der Waals surface area (Å²) in [5, 5.41) is 14.5. The van der Waals surface area contributed by atoms with Crippen LogP contribution in [-0.2, 0) is 0 Å². The zero-order valence-corrected chi connectivity index (χ0v) is 12.5. The van der Waals surface area contributed by atoms with E-state index in [4.69, 9.17) is 9.84 Å². The second kappa shape index (κ2) is 7.53. The van der Waals surface area contributed by atoms with E-state index in [1.54, 1.807) is 19.2 Å². The van der Waals surface area contributed by atoms with E-state index in [0.29, 0.717) is 37.0 Å². The van der Waals surface area contributed by atoms with Gasteiger partial charge in [-0.2, -0.15) is 0 Å². The minimum Gasteiger partial charge on any atom is -0.495 e. The number of anilines is 1. The lowest BCUT2D eigenvalue weighted by molar-refractivity contribution is 0.124. The summed E-state index contributed by atoms with van der Waals surface area (Å²) in [6, 6.07) is 6.91. The van der Waals surface area contributed by atoms with Gasteiger partial charge in [-0.15, -0.1) is 0 Å². The number of carboxylic acid groups (broad SMARTS) is 1. The third-order valence-corrected chi connectivity index (χ3v) is 3.79. The molecule has 1 aromatic carbocycles. The zero-order chi connectivity index (χ0) is 15.9. The summed E-state index contributed by atoms with van der Waals surface area (Å²) in [5.74, 6) is 0.909. The highest BCUT2D eigenvalue weighted by atomic mass is 16.5. The van der Waals surface area contributed by atoms with Crippen LogP contribution in [0.1, 0.15) is 12.8 Å². The number of piperidine rings is 1. The van der Waals surface area contributed by atoms with Gasteiger partial charge in [0.2, 0.25) is 0 Å². The monoisotopic (exact) mass is 307 g/mol. The number of nitrogens with one attached hydrogen (secondary N) is 2. The molecule has 7 nitrogen and oxygen atoms in total. The van der Waals surface area contributed by atoms with Gasteiger partial charge in [0.05, 0.1) is 12.8 Å². The molecule has 0 radical (unpaired) electrons. The maximum Gasteiger partial charge on any atom is 0.407 e. The van der Waals surface area contributed by atoms with Crippen molar-refractivity contribution in [3.05, 3.63) is 24.3 Å². The number of hydrogen-bond acceptors (Lipinski definition) is 3. The highest BCUT2D eigenvalue weighted by Crippen LogP contribution is 2.23. The smallest absolute Gasteiger partial charge is 0.407 e. The Kier molecular flexibility index (Phi) is 5.46. The molecule has 7 heteroatoms. The number of carbonyl (C=O) groups excluding carboxylic acids is 1. The molecule has 120 valence electrons. The number of carbonyl (C=O) groups is 2. The summed E-state index contributed by atoms with van der Waals surface area (Å²) in [4.78, 5) is 24.1. The van der Waals surface area contributed by atoms with Gasteiger partial charge in [0.1, 0.15) is 5.75 Å². The number of para-hydroxylation sites is 2. The van der Waals surface area contributed by atoms with E-state index in [2.05, 4.69) is 10.6 Å². The fourth-order valence-electron chi connectivity index (χ4n) is 2.48. The lowest BCUT2D eigenvalue weighted by atomic mass is 9.97. The van der Waals surface area contributed by atoms with Crippen LogP contribution in [0.3, 0.4) is 0 Å². The number of nitrogens with zero attached hydrogens (tertiary/aromatic N) is 1. The Balaban J connectivity index is 1.75. The lowest BCUT2D eigenvalue weighted by Crippen LogP contribution is -2.41. The van der Waals surface area contributed by atoms with E-state index in [9.17, 15) is 9.59 Å². The fraction of sp³-hybridized carbons (Fsp3) is 0.467. The molecule has 1 fully saturated rings. The van der Waals surface area contributed by atoms with Crippen LogP contribution in [0.25, 0.3) is 0 Å². The maximum atomic E-state index is 11.9. The lowest BCUT2D eigenvalue weighted by Gasteiger charge is -2.29. The third-order valence-electron chi connectivity index (χ3n) is 3.79. The Morgan fingerprint density at radius 1 is 1.32 bits per heavy atom. The average molecular weight is 307 g/mol. The molecule has 22 heavy (non-hydrogen) atoms. The molecule has 0 saturated carbocycles. The normalized spacial score (nSPS) is 15.2. The van der Waals surface area contributed by atoms with E-state index < -0.39 is 6.09 Å². The quantitative estimate of drug-likeness (QED) is 0.795. The molecule has 0 bridgehead atoms. The molecule has 0 aliphatic carbocycles. The molecule has 0 aromatic heterocycles. The average Bonchev–Trinajstić information content (AvgIpc) is 2.54. The number of amides is 3. The van der Waals surface area contributed by atoms with E-state index in [1.165, 1.54) is 4.90 Å². The van der Waals surface area contributed by atoms with Gasteiger partial charge in [-0.1, -0.05) is 12.1 Å². The number of ether oxygens (including phenoxy) is 1. The van der Waals surface area contributed by atoms with Gasteiger partial charge in [0, 0.05) is 19.6 Å². The molecular weight excluding hydrogens is 286 g/mol. The van der Waals surface area contributed by atoms with Crippen LogP contribution < -0.4 is 15.4 Å². The highest BCUT2D eigenvalue weighted by molar-refractivity contribution is 5.90. The molecular formula is C15H21N3O4. The fourth-order valence-corrected chi connectivity index (χ4v) is 2.48. The maximum absolute atomic E-state index is 11.9. The molecule has 0 atom stereocenters. The van der Waals surface area contributed by atoms with Crippen LogP contribution in [0.15, 0.2) is 24.3 Å². The molecule has 1 aliphatic heterocycles. The van der Waals surface area contributed by atoms with Crippen LogP contribution in [0, 0.1) is 5.92 Å². The minimum atomic E-state index is -0.875. The number of benzene rings is 1. The molecule has 3 amide bonds. The Hall–Kier alpha value is -2.44. The van der Waals surface area contributed by atoms with Crippen molar-refractivity contribution in [3.8, 4) is 5.75 Å². The van der Waals surface area contributed by atoms with Gasteiger partial charge in [-0.3, -0.25) is 0 Å². The predicted octanol–water partition coefficient (Wildman–Crippen LogP) is 2.21. The van der Waals surface area contributed by atoms with Gasteiger partial charge < -0.3 is 25.4 Å². The van der Waals surface area contributed by atoms with Gasteiger partial charge in [-0.05, 0) is 30.9 Å². The standard InChI is InChI=1S/C15H21N3O4/c1-22-13-5-3-2-4-12(13)17-14(19)16-10-11-6-8-18(9-7-11)15(20)21/h2-5,11H,6-10H2,1H3,(H,20,21)(H2,16,17,19). The zero-order valence-electron chi connectivity index (χ0n) is 12.5. The minimum absolute atomic E-state index is 0.287. The molecule has 0 unspecified atom stereocenters. The highest BCUT2D eigenvalue weighted by Gasteiger charge is 2.22. The second-order valence-electron chi connectivity index (χ2n) is 5.25. The van der Waals surface area contributed by atoms with Gasteiger partial charge in [0.15, 0.2) is 0 Å². The van der Waals surface area contributed by atoms with E-state index in [1.807, 2.05) is 12.1 Å². The topological polar surface area (TPSA) is 90.9 Å². The van der Waals surface area contributed by atoms with Gasteiger partial charge in [-0.25, -0.2) is 9.59 Å². The SMILES string of the molecule is COc1ccccc1NC(=O)NCC1CCN(C(=O)O)CC1. The first-order chi connectivity index (χ1) is 10.6. The summed E-state index contributed by atoms with van der Waals surface area (Å²) in [5.41, 5.74) is 0.614. The Bertz CT molecular complexity index is 527. The third kappa shape index (κ3) is 4.28. The van der Waals surface area contributed by atoms with Crippen LogP contribution in [0.4, 0.5) is 15.3 Å². The van der Waals surface area contributed by atoms with E-state index >= 15 is 0 Å². The van der Waals surface area contributed by atoms with Crippen LogP contribution >= 0.6 is 0 Å². The molecule has 1 aliphatic rings. The molecule has 1 aromatic rings. The first-order valence-corrected chi connectivity index (χ1v) is 7.26. The first-order valence-electron chi connectivity index (χ1n) is 7.26. The van der Waals surface area contributed by atoms with Crippen LogP contribution in [0.5, 0.6) is 5.75 Å². The van der Waals surface area contributed by atoms with Crippen molar-refractivity contribution in [1.82, 2.24) is 10.2 Å². The second-order valence-corrected chi connectivity index (χ2v) is 5.25. The van der Waals surface area contributed by atoms with E-state index in [0.717, 1.165) is 12.8 Å². The molecule has 2 rings (SSSR count). The summed E-state index contributed by atoms with van der Waals surface area (Å²) in [6.07, 6.45) is 0.656.